The SMILES string of the molecule is CCCn1c(=O)c2cc(C(=O)O)sc2n(C)c1=O. The number of fused-ring (bicyclic) bond motifs is 1. The zero-order valence-corrected chi connectivity index (χ0v) is 10.8. The first-order chi connectivity index (χ1) is 8.47. The van der Waals surface area contributed by atoms with Crippen LogP contribution in [-0.4, -0.2) is 20.2 Å². The van der Waals surface area contributed by atoms with Crippen molar-refractivity contribution in [2.24, 2.45) is 7.05 Å². The van der Waals surface area contributed by atoms with E-state index in [9.17, 15) is 14.4 Å². The van der Waals surface area contributed by atoms with Crippen LogP contribution in [0.15, 0.2) is 15.7 Å². The second kappa shape index (κ2) is 4.41. The molecule has 18 heavy (non-hydrogen) atoms. The molecule has 0 spiro atoms. The predicted octanol–water partition coefficient (Wildman–Crippen LogP) is 0.870. The third-order valence-corrected chi connectivity index (χ3v) is 3.87. The maximum absolute atomic E-state index is 12.1. The van der Waals surface area contributed by atoms with E-state index in [1.54, 1.807) is 7.05 Å². The Kier molecular flexibility index (Phi) is 3.08. The van der Waals surface area contributed by atoms with Crippen LogP contribution in [0.2, 0.25) is 0 Å². The number of aromatic carboxylic acids is 1. The highest BCUT2D eigenvalue weighted by atomic mass is 32.1. The molecule has 2 heterocycles. The van der Waals surface area contributed by atoms with E-state index in [0.29, 0.717) is 17.8 Å². The van der Waals surface area contributed by atoms with E-state index >= 15 is 0 Å². The number of nitrogens with zero attached hydrogens (tertiary/aromatic N) is 2. The normalized spacial score (nSPS) is 11.0. The molecule has 2 aromatic heterocycles. The van der Waals surface area contributed by atoms with Crippen LogP contribution in [0.25, 0.3) is 10.2 Å². The van der Waals surface area contributed by atoms with Gasteiger partial charge in [-0.1, -0.05) is 6.92 Å². The largest absolute Gasteiger partial charge is 0.477 e. The van der Waals surface area contributed by atoms with E-state index < -0.39 is 17.2 Å². The van der Waals surface area contributed by atoms with Gasteiger partial charge in [0.2, 0.25) is 0 Å². The topological polar surface area (TPSA) is 81.3 Å². The second-order valence-electron chi connectivity index (χ2n) is 3.93. The van der Waals surface area contributed by atoms with Crippen molar-refractivity contribution in [3.63, 3.8) is 0 Å². The van der Waals surface area contributed by atoms with Crippen LogP contribution in [0.5, 0.6) is 0 Å². The molecule has 0 radical (unpaired) electrons. The molecule has 0 atom stereocenters. The summed E-state index contributed by atoms with van der Waals surface area (Å²) in [5, 5.41) is 9.21. The molecular formula is C11H12N2O4S. The zero-order chi connectivity index (χ0) is 13.4. The molecule has 0 aliphatic carbocycles. The van der Waals surface area contributed by atoms with Gasteiger partial charge in [-0.2, -0.15) is 0 Å². The van der Waals surface area contributed by atoms with Crippen LogP contribution in [0.4, 0.5) is 0 Å². The van der Waals surface area contributed by atoms with Crippen molar-refractivity contribution in [2.75, 3.05) is 0 Å². The van der Waals surface area contributed by atoms with Crippen LogP contribution in [0.3, 0.4) is 0 Å². The number of carboxylic acids is 1. The minimum atomic E-state index is -1.09. The number of aromatic nitrogens is 2. The van der Waals surface area contributed by atoms with Crippen molar-refractivity contribution in [3.8, 4) is 0 Å². The molecule has 6 nitrogen and oxygen atoms in total. The minimum Gasteiger partial charge on any atom is -0.477 e. The van der Waals surface area contributed by atoms with Gasteiger partial charge in [0.1, 0.15) is 9.71 Å². The van der Waals surface area contributed by atoms with Crippen molar-refractivity contribution in [2.45, 2.75) is 19.9 Å². The molecule has 0 saturated carbocycles. The molecular weight excluding hydrogens is 256 g/mol. The number of hydrogen-bond acceptors (Lipinski definition) is 4. The minimum absolute atomic E-state index is 0.0614. The first kappa shape index (κ1) is 12.6. The summed E-state index contributed by atoms with van der Waals surface area (Å²) in [4.78, 5) is 35.4. The molecule has 2 rings (SSSR count). The number of carbonyl (C=O) groups is 1. The Morgan fingerprint density at radius 3 is 2.67 bits per heavy atom. The van der Waals surface area contributed by atoms with Crippen LogP contribution in [-0.2, 0) is 13.6 Å². The summed E-state index contributed by atoms with van der Waals surface area (Å²) in [6, 6.07) is 1.33. The molecule has 0 aliphatic heterocycles. The highest BCUT2D eigenvalue weighted by Crippen LogP contribution is 2.21. The Morgan fingerprint density at radius 1 is 1.44 bits per heavy atom. The lowest BCUT2D eigenvalue weighted by molar-refractivity contribution is 0.0702. The monoisotopic (exact) mass is 268 g/mol. The van der Waals surface area contributed by atoms with Gasteiger partial charge < -0.3 is 5.11 Å². The molecule has 1 N–H and O–H groups in total. The molecule has 0 unspecified atom stereocenters. The summed E-state index contributed by atoms with van der Waals surface area (Å²) >= 11 is 0.937. The van der Waals surface area contributed by atoms with Gasteiger partial charge >= 0.3 is 11.7 Å². The van der Waals surface area contributed by atoms with E-state index in [1.165, 1.54) is 10.6 Å². The molecule has 0 amide bonds. The van der Waals surface area contributed by atoms with Gasteiger partial charge in [0, 0.05) is 13.6 Å². The van der Waals surface area contributed by atoms with E-state index in [2.05, 4.69) is 0 Å². The summed E-state index contributed by atoms with van der Waals surface area (Å²) in [5.41, 5.74) is -0.827. The molecule has 0 aromatic carbocycles. The summed E-state index contributed by atoms with van der Waals surface area (Å²) in [6.07, 6.45) is 0.663. The number of thiophene rings is 1. The van der Waals surface area contributed by atoms with Crippen molar-refractivity contribution in [1.82, 2.24) is 9.13 Å². The average Bonchev–Trinajstić information content (AvgIpc) is 2.77. The quantitative estimate of drug-likeness (QED) is 0.895. The Bertz CT molecular complexity index is 738. The first-order valence-electron chi connectivity index (χ1n) is 5.44. The third-order valence-electron chi connectivity index (χ3n) is 2.67. The molecule has 0 aliphatic rings. The van der Waals surface area contributed by atoms with Gasteiger partial charge in [0.25, 0.3) is 5.56 Å². The lowest BCUT2D eigenvalue weighted by Gasteiger charge is -2.06. The average molecular weight is 268 g/mol. The maximum Gasteiger partial charge on any atom is 0.345 e. The summed E-state index contributed by atoms with van der Waals surface area (Å²) < 4.78 is 2.46. The van der Waals surface area contributed by atoms with Crippen molar-refractivity contribution in [1.29, 1.82) is 0 Å². The van der Waals surface area contributed by atoms with Gasteiger partial charge in [0.15, 0.2) is 0 Å². The lowest BCUT2D eigenvalue weighted by Crippen LogP contribution is -2.38. The van der Waals surface area contributed by atoms with Gasteiger partial charge in [0.05, 0.1) is 5.39 Å². The number of rotatable bonds is 3. The van der Waals surface area contributed by atoms with Crippen LogP contribution in [0.1, 0.15) is 23.0 Å². The fourth-order valence-corrected chi connectivity index (χ4v) is 2.75. The van der Waals surface area contributed by atoms with Gasteiger partial charge in [-0.3, -0.25) is 13.9 Å². The van der Waals surface area contributed by atoms with Crippen LogP contribution >= 0.6 is 11.3 Å². The Balaban J connectivity index is 2.90. The number of aryl methyl sites for hydroxylation is 1. The van der Waals surface area contributed by atoms with E-state index in [1.807, 2.05) is 6.92 Å². The second-order valence-corrected chi connectivity index (χ2v) is 4.96. The van der Waals surface area contributed by atoms with E-state index in [0.717, 1.165) is 15.9 Å². The molecule has 0 bridgehead atoms. The maximum atomic E-state index is 12.1. The van der Waals surface area contributed by atoms with Crippen molar-refractivity contribution in [3.05, 3.63) is 31.8 Å². The standard InChI is InChI=1S/C11H12N2O4S/c1-3-4-13-8(14)6-5-7(10(15)16)18-9(6)12(2)11(13)17/h5H,3-4H2,1-2H3,(H,15,16). The van der Waals surface area contributed by atoms with Crippen LogP contribution in [0, 0.1) is 0 Å². The summed E-state index contributed by atoms with van der Waals surface area (Å²) in [7, 11) is 1.54. The highest BCUT2D eigenvalue weighted by molar-refractivity contribution is 7.20. The summed E-state index contributed by atoms with van der Waals surface area (Å²) in [5.74, 6) is -1.09. The van der Waals surface area contributed by atoms with E-state index in [4.69, 9.17) is 5.11 Å². The molecule has 96 valence electrons. The predicted molar refractivity (Wildman–Crippen MR) is 68.6 cm³/mol. The number of carboxylic acid groups (broad SMARTS) is 1. The molecule has 0 fully saturated rings. The van der Waals surface area contributed by atoms with E-state index in [-0.39, 0.29) is 10.3 Å². The fraction of sp³-hybridized carbons (Fsp3) is 0.364. The van der Waals surface area contributed by atoms with Crippen molar-refractivity contribution < 1.29 is 9.90 Å². The summed E-state index contributed by atoms with van der Waals surface area (Å²) in [6.45, 7) is 2.20. The fourth-order valence-electron chi connectivity index (χ4n) is 1.81. The molecule has 0 saturated heterocycles. The van der Waals surface area contributed by atoms with Gasteiger partial charge in [-0.05, 0) is 12.5 Å². The first-order valence-corrected chi connectivity index (χ1v) is 6.25. The molecule has 7 heteroatoms. The Morgan fingerprint density at radius 2 is 2.11 bits per heavy atom. The van der Waals surface area contributed by atoms with Crippen molar-refractivity contribution >= 4 is 27.5 Å². The van der Waals surface area contributed by atoms with Gasteiger partial charge in [-0.25, -0.2) is 9.59 Å². The van der Waals surface area contributed by atoms with Gasteiger partial charge in [-0.15, -0.1) is 11.3 Å². The highest BCUT2D eigenvalue weighted by Gasteiger charge is 2.16. The zero-order valence-electron chi connectivity index (χ0n) is 9.97. The molecule has 2 aromatic rings. The third kappa shape index (κ3) is 1.76. The Labute approximate surface area is 106 Å². The van der Waals surface area contributed by atoms with Crippen LogP contribution < -0.4 is 11.2 Å². The lowest BCUT2D eigenvalue weighted by atomic mass is 10.3. The number of hydrogen-bond donors (Lipinski definition) is 1. The Hall–Kier alpha value is -1.89. The smallest absolute Gasteiger partial charge is 0.345 e.